The summed E-state index contributed by atoms with van der Waals surface area (Å²) in [6, 6.07) is 0. The Bertz CT molecular complexity index is 1870. The molecule has 11 N–H and O–H groups in total. The second-order valence-electron chi connectivity index (χ2n) is 10.9. The third-order valence-electron chi connectivity index (χ3n) is 7.61. The molecule has 2 aromatic rings. The van der Waals surface area contributed by atoms with Crippen LogP contribution < -0.4 is 11.5 Å². The van der Waals surface area contributed by atoms with Crippen molar-refractivity contribution in [1.82, 2.24) is 24.4 Å². The number of nitrogens with two attached hydrogens (primary N) is 2. The smallest absolute Gasteiger partial charge is 0.387 e. The molecule has 1 amide bonds. The number of aliphatic hydroxyl groups is 3. The van der Waals surface area contributed by atoms with Gasteiger partial charge >= 0.3 is 23.5 Å². The first-order valence-corrected chi connectivity index (χ1v) is 18.3. The molecule has 6 rings (SSSR count). The molecule has 29 heteroatoms. The molecule has 0 radical (unpaired) electrons. The summed E-state index contributed by atoms with van der Waals surface area (Å²) in [5.74, 6) is -6.56. The first kappa shape index (κ1) is 37.0. The largest absolute Gasteiger partial charge is 0.481 e. The molecule has 10 atom stereocenters. The normalized spacial score (nSPS) is 34.9. The molecule has 6 heterocycles. The molecule has 0 spiro atoms. The topological polar surface area (TPSA) is 383 Å². The van der Waals surface area contributed by atoms with Crippen molar-refractivity contribution in [1.29, 1.82) is 0 Å². The molecule has 4 aliphatic rings. The number of hydrogen-bond donors (Lipinski definition) is 9. The summed E-state index contributed by atoms with van der Waals surface area (Å²) >= 11 is 0. The predicted octanol–water partition coefficient (Wildman–Crippen LogP) is -2.95. The maximum absolute atomic E-state index is 12.7. The van der Waals surface area contributed by atoms with Gasteiger partial charge in [-0.3, -0.25) is 22.9 Å². The van der Waals surface area contributed by atoms with E-state index in [9.17, 15) is 53.4 Å². The molecule has 2 aromatic heterocycles. The number of ether oxygens (including phenoxy) is 2. The summed E-state index contributed by atoms with van der Waals surface area (Å²) in [6.07, 6.45) is -3.75. The molecule has 276 valence electrons. The minimum Gasteiger partial charge on any atom is -0.387 e. The summed E-state index contributed by atoms with van der Waals surface area (Å²) in [4.78, 5) is 73.4. The van der Waals surface area contributed by atoms with Gasteiger partial charge in [0, 0.05) is 18.0 Å². The number of nitrogen functional groups attached to an aromatic ring is 1. The highest BCUT2D eigenvalue weighted by atomic mass is 31.3. The minimum absolute atomic E-state index is 0.00527. The molecule has 0 bridgehead atoms. The number of anilines is 1. The van der Waals surface area contributed by atoms with Gasteiger partial charge in [0.25, 0.3) is 11.6 Å². The Kier molecular flexibility index (Phi) is 9.61. The lowest BCUT2D eigenvalue weighted by Gasteiger charge is -2.46. The number of carbonyl (C=O) groups is 1. The number of rotatable bonds is 13. The van der Waals surface area contributed by atoms with Crippen molar-refractivity contribution in [3.05, 3.63) is 36.7 Å². The molecule has 3 saturated heterocycles. The Labute approximate surface area is 277 Å². The number of amides is 1. The van der Waals surface area contributed by atoms with Crippen molar-refractivity contribution < 1.29 is 90.5 Å². The molecule has 0 aliphatic carbocycles. The number of nitrogens with zero attached hydrogens (tertiary/aromatic N) is 5. The number of fused-ring (bicyclic) bond motifs is 2. The lowest BCUT2D eigenvalue weighted by molar-refractivity contribution is -0.644. The Hall–Kier alpha value is -2.81. The van der Waals surface area contributed by atoms with Crippen LogP contribution >= 0.6 is 23.5 Å². The highest BCUT2D eigenvalue weighted by molar-refractivity contribution is 7.61. The van der Waals surface area contributed by atoms with E-state index < -0.39 is 91.0 Å². The van der Waals surface area contributed by atoms with Crippen molar-refractivity contribution >= 4 is 46.4 Å². The van der Waals surface area contributed by atoms with Crippen LogP contribution in [0.2, 0.25) is 0 Å². The van der Waals surface area contributed by atoms with E-state index in [4.69, 9.17) is 34.9 Å². The van der Waals surface area contributed by atoms with Crippen LogP contribution in [0.25, 0.3) is 11.2 Å². The molecule has 0 aromatic carbocycles. The fourth-order valence-corrected chi connectivity index (χ4v) is 7.89. The van der Waals surface area contributed by atoms with Gasteiger partial charge in [-0.1, -0.05) is 6.08 Å². The summed E-state index contributed by atoms with van der Waals surface area (Å²) in [5, 5.41) is 32.1. The maximum Gasteiger partial charge on any atom is 0.481 e. The average Bonchev–Trinajstić information content (AvgIpc) is 3.62. The van der Waals surface area contributed by atoms with Gasteiger partial charge in [0.15, 0.2) is 30.0 Å². The van der Waals surface area contributed by atoms with Crippen LogP contribution in [-0.2, 0) is 55.6 Å². The van der Waals surface area contributed by atoms with E-state index in [2.05, 4.69) is 28.7 Å². The van der Waals surface area contributed by atoms with Crippen molar-refractivity contribution in [3.8, 4) is 0 Å². The summed E-state index contributed by atoms with van der Waals surface area (Å²) < 4.78 is 67.6. The van der Waals surface area contributed by atoms with E-state index in [0.29, 0.717) is 0 Å². The van der Waals surface area contributed by atoms with Gasteiger partial charge in [-0.15, -0.1) is 0 Å². The van der Waals surface area contributed by atoms with E-state index in [-0.39, 0.29) is 29.0 Å². The van der Waals surface area contributed by atoms with Crippen molar-refractivity contribution in [2.75, 3.05) is 18.9 Å². The van der Waals surface area contributed by atoms with Gasteiger partial charge in [0.2, 0.25) is 5.91 Å². The van der Waals surface area contributed by atoms with Crippen LogP contribution in [0.1, 0.15) is 12.6 Å². The third kappa shape index (κ3) is 6.89. The van der Waals surface area contributed by atoms with E-state index in [1.807, 2.05) is 0 Å². The van der Waals surface area contributed by atoms with Crippen LogP contribution in [0.4, 0.5) is 5.82 Å². The molecule has 26 nitrogen and oxygen atoms in total. The first-order valence-electron chi connectivity index (χ1n) is 13.8. The monoisotopic (exact) mass is 775 g/mol. The first-order chi connectivity index (χ1) is 23.2. The van der Waals surface area contributed by atoms with Crippen LogP contribution in [0.5, 0.6) is 0 Å². The summed E-state index contributed by atoms with van der Waals surface area (Å²) in [7, 11) is -16.7. The lowest BCUT2D eigenvalue weighted by Crippen LogP contribution is -2.70. The van der Waals surface area contributed by atoms with Crippen LogP contribution in [0.3, 0.4) is 0 Å². The van der Waals surface area contributed by atoms with Crippen LogP contribution in [0, 0.1) is 0 Å². The number of aliphatic hydroxyl groups excluding tert-OH is 2. The van der Waals surface area contributed by atoms with Gasteiger partial charge in [0.1, 0.15) is 36.8 Å². The quantitative estimate of drug-likeness (QED) is 0.0725. The molecular formula is C21H28N7O19P3. The van der Waals surface area contributed by atoms with Gasteiger partial charge < -0.3 is 60.7 Å². The molecule has 50 heavy (non-hydrogen) atoms. The fraction of sp³-hybridized carbons (Fsp3) is 0.524. The summed E-state index contributed by atoms with van der Waals surface area (Å²) in [6.45, 7) is -2.38. The van der Waals surface area contributed by atoms with Gasteiger partial charge in [-0.25, -0.2) is 28.6 Å². The van der Waals surface area contributed by atoms with Crippen LogP contribution in [-0.4, -0.2) is 121 Å². The van der Waals surface area contributed by atoms with E-state index in [1.54, 1.807) is 0 Å². The number of aromatic nitrogens is 4. The highest BCUT2D eigenvalue weighted by Gasteiger charge is 2.79. The third-order valence-corrected chi connectivity index (χ3v) is 10.7. The molecule has 4 aliphatic heterocycles. The zero-order valence-corrected chi connectivity index (χ0v) is 27.4. The van der Waals surface area contributed by atoms with Crippen LogP contribution in [0.15, 0.2) is 36.7 Å². The molecule has 0 saturated carbocycles. The lowest BCUT2D eigenvalue weighted by atomic mass is 10.0. The summed E-state index contributed by atoms with van der Waals surface area (Å²) in [5.41, 5.74) is 11.1. The number of imidazole rings is 1. The second kappa shape index (κ2) is 13.0. The van der Waals surface area contributed by atoms with Gasteiger partial charge in [-0.05, 0) is 6.42 Å². The standard InChI is InChI=1S/C21H28N7O19P3/c22-15-11-17(25-7-24-15)28(8-26-11)19-14(44-48(33,34)35)21(32)20(43-19,45-46-21)6-41-50(38,39)47-49(36,37)40-5-10-12(29)13(30)18(42-10)27-3-1-2-9(4-27)16(23)31/h1,3-4,7-8,10,12-14,18-19,29-30,32H,2,5-6H2,(H2,23,31)(H,36,37)(H,38,39)(H2,22,24,25)(H2,33,34,35)/t10-,12-,13-,14-,18-,19-,20-,21-/m1/s1. The number of phosphoric ester groups is 3. The molecule has 3 fully saturated rings. The Balaban J connectivity index is 1.12. The molecule has 2 unspecified atom stereocenters. The van der Waals surface area contributed by atoms with E-state index >= 15 is 0 Å². The van der Waals surface area contributed by atoms with Crippen molar-refractivity contribution in [2.24, 2.45) is 5.73 Å². The van der Waals surface area contributed by atoms with Crippen molar-refractivity contribution in [3.63, 3.8) is 0 Å². The minimum atomic E-state index is -5.69. The predicted molar refractivity (Wildman–Crippen MR) is 153 cm³/mol. The number of phosphoric acid groups is 3. The zero-order chi connectivity index (χ0) is 36.4. The van der Waals surface area contributed by atoms with Gasteiger partial charge in [0.05, 0.1) is 12.9 Å². The van der Waals surface area contributed by atoms with Gasteiger partial charge in [-0.2, -0.15) is 14.1 Å². The van der Waals surface area contributed by atoms with E-state index in [1.165, 1.54) is 23.4 Å². The SMILES string of the molecule is NC(=O)C1=CN([C@@H]2O[C@H](COP(=O)(O)OP(=O)(O)OC[C@@]34OO[C@]3(O)[C@H](OP(=O)(O)O)[C@H](n3cnc5c(N)ncnc53)O4)[C@@H](O)[C@H]2O)C=CC1. The Morgan fingerprint density at radius 1 is 1.04 bits per heavy atom. The number of hydrogen-bond acceptors (Lipinski definition) is 20. The van der Waals surface area contributed by atoms with Crippen molar-refractivity contribution in [2.45, 2.75) is 54.9 Å². The fourth-order valence-electron chi connectivity index (χ4n) is 5.25. The second-order valence-corrected chi connectivity index (χ2v) is 15.1. The maximum atomic E-state index is 12.7. The Morgan fingerprint density at radius 3 is 2.42 bits per heavy atom. The highest BCUT2D eigenvalue weighted by Crippen LogP contribution is 2.63. The number of primary amides is 1. The zero-order valence-electron chi connectivity index (χ0n) is 24.7. The Morgan fingerprint density at radius 2 is 1.76 bits per heavy atom. The molecular weight excluding hydrogens is 747 g/mol. The average molecular weight is 775 g/mol. The number of carbonyl (C=O) groups excluding carboxylic acids is 1. The number of allylic oxidation sites excluding steroid dienone is 1. The van der Waals surface area contributed by atoms with E-state index in [0.717, 1.165) is 17.2 Å².